The van der Waals surface area contributed by atoms with Gasteiger partial charge in [-0.05, 0) is 62.6 Å². The van der Waals surface area contributed by atoms with Crippen molar-refractivity contribution in [3.8, 4) is 11.3 Å². The van der Waals surface area contributed by atoms with Gasteiger partial charge in [-0.3, -0.25) is 9.78 Å². The predicted octanol–water partition coefficient (Wildman–Crippen LogP) is 4.57. The minimum atomic E-state index is -4.02. The Morgan fingerprint density at radius 3 is 2.51 bits per heavy atom. The molecule has 39 heavy (non-hydrogen) atoms. The average molecular weight is 550 g/mol. The molecule has 9 nitrogen and oxygen atoms in total. The van der Waals surface area contributed by atoms with Crippen molar-refractivity contribution >= 4 is 32.8 Å². The summed E-state index contributed by atoms with van der Waals surface area (Å²) < 4.78 is 47.6. The van der Waals surface area contributed by atoms with E-state index >= 15 is 0 Å². The van der Waals surface area contributed by atoms with Gasteiger partial charge < -0.3 is 10.1 Å². The number of aromatic nitrogens is 4. The number of fused-ring (bicyclic) bond motifs is 4. The van der Waals surface area contributed by atoms with Crippen molar-refractivity contribution in [1.29, 1.82) is 0 Å². The third-order valence-corrected chi connectivity index (χ3v) is 9.74. The molecule has 202 valence electrons. The molecule has 3 fully saturated rings. The van der Waals surface area contributed by atoms with Crippen molar-refractivity contribution in [1.82, 2.24) is 18.9 Å². The molecule has 0 spiro atoms. The molecule has 1 N–H and O–H groups in total. The number of halogens is 1. The van der Waals surface area contributed by atoms with Gasteiger partial charge in [0.25, 0.3) is 10.0 Å². The van der Waals surface area contributed by atoms with Gasteiger partial charge in [-0.2, -0.15) is 0 Å². The highest BCUT2D eigenvalue weighted by molar-refractivity contribution is 7.90. The van der Waals surface area contributed by atoms with E-state index in [0.29, 0.717) is 28.4 Å². The number of carbonyl (C=O) groups is 1. The minimum Gasteiger partial charge on any atom is -0.469 e. The van der Waals surface area contributed by atoms with E-state index in [4.69, 9.17) is 9.72 Å². The Bertz CT molecular complexity index is 1660. The van der Waals surface area contributed by atoms with Gasteiger partial charge in [-0.15, -0.1) is 0 Å². The quantitative estimate of drug-likeness (QED) is 0.348. The van der Waals surface area contributed by atoms with Gasteiger partial charge in [0.2, 0.25) is 0 Å². The van der Waals surface area contributed by atoms with Gasteiger partial charge in [0, 0.05) is 23.2 Å². The second kappa shape index (κ2) is 9.71. The lowest BCUT2D eigenvalue weighted by atomic mass is 9.61. The van der Waals surface area contributed by atoms with Crippen LogP contribution in [0, 0.1) is 30.5 Å². The molecule has 2 bridgehead atoms. The van der Waals surface area contributed by atoms with Gasteiger partial charge in [0.05, 0.1) is 42.2 Å². The van der Waals surface area contributed by atoms with E-state index in [9.17, 15) is 17.6 Å². The van der Waals surface area contributed by atoms with Crippen LogP contribution in [-0.4, -0.2) is 46.5 Å². The fraction of sp³-hybridized carbons (Fsp3) is 0.357. The van der Waals surface area contributed by atoms with Crippen molar-refractivity contribution in [3.63, 3.8) is 0 Å². The molecule has 3 saturated carbocycles. The lowest BCUT2D eigenvalue weighted by Gasteiger charge is -2.47. The minimum absolute atomic E-state index is 0.0856. The van der Waals surface area contributed by atoms with Crippen LogP contribution >= 0.6 is 0 Å². The summed E-state index contributed by atoms with van der Waals surface area (Å²) >= 11 is 0. The van der Waals surface area contributed by atoms with E-state index in [0.717, 1.165) is 41.4 Å². The monoisotopic (exact) mass is 549 g/mol. The van der Waals surface area contributed by atoms with Crippen LogP contribution in [0.25, 0.3) is 22.3 Å². The Morgan fingerprint density at radius 2 is 1.79 bits per heavy atom. The topological polar surface area (TPSA) is 116 Å². The summed E-state index contributed by atoms with van der Waals surface area (Å²) in [6, 6.07) is 7.59. The first-order chi connectivity index (χ1) is 18.8. The van der Waals surface area contributed by atoms with E-state index in [1.54, 1.807) is 18.3 Å². The number of rotatable bonds is 6. The van der Waals surface area contributed by atoms with Crippen molar-refractivity contribution in [2.24, 2.45) is 17.8 Å². The summed E-state index contributed by atoms with van der Waals surface area (Å²) in [6.45, 7) is 1.87. The number of nitrogens with one attached hydrogen (secondary N) is 1. The van der Waals surface area contributed by atoms with E-state index < -0.39 is 15.8 Å². The first-order valence-electron chi connectivity index (χ1n) is 12.9. The molecular formula is C28H28FN5O4S. The van der Waals surface area contributed by atoms with E-state index in [1.165, 1.54) is 37.7 Å². The van der Waals surface area contributed by atoms with Crippen LogP contribution in [0.1, 0.15) is 31.2 Å². The number of hydrogen-bond donors (Lipinski definition) is 1. The first kappa shape index (κ1) is 25.4. The molecule has 7 rings (SSSR count). The number of pyridine rings is 1. The fourth-order valence-electron chi connectivity index (χ4n) is 6.13. The molecule has 3 aliphatic carbocycles. The zero-order valence-corrected chi connectivity index (χ0v) is 22.4. The van der Waals surface area contributed by atoms with Crippen LogP contribution in [0.5, 0.6) is 0 Å². The molecule has 0 radical (unpaired) electrons. The third kappa shape index (κ3) is 4.44. The summed E-state index contributed by atoms with van der Waals surface area (Å²) in [5.41, 5.74) is 1.74. The van der Waals surface area contributed by atoms with Crippen LogP contribution in [0.3, 0.4) is 0 Å². The van der Waals surface area contributed by atoms with Gasteiger partial charge in [0.15, 0.2) is 5.65 Å². The number of esters is 1. The highest BCUT2D eigenvalue weighted by atomic mass is 32.2. The molecule has 2 atom stereocenters. The number of aryl methyl sites for hydroxylation is 1. The maximum absolute atomic E-state index is 14.3. The number of nitrogens with zero attached hydrogens (tertiary/aromatic N) is 4. The molecule has 3 aromatic heterocycles. The van der Waals surface area contributed by atoms with Crippen LogP contribution in [0.4, 0.5) is 10.2 Å². The normalized spacial score (nSPS) is 22.6. The van der Waals surface area contributed by atoms with Crippen molar-refractivity contribution < 1.29 is 22.3 Å². The molecule has 3 aliphatic rings. The number of methoxy groups -OCH3 is 1. The Balaban J connectivity index is 1.41. The van der Waals surface area contributed by atoms with Gasteiger partial charge in [-0.25, -0.2) is 26.7 Å². The van der Waals surface area contributed by atoms with Gasteiger partial charge in [0.1, 0.15) is 11.6 Å². The predicted molar refractivity (Wildman–Crippen MR) is 143 cm³/mol. The van der Waals surface area contributed by atoms with Gasteiger partial charge >= 0.3 is 5.97 Å². The third-order valence-electron chi connectivity index (χ3n) is 8.07. The molecule has 0 unspecified atom stereocenters. The Labute approximate surface area is 225 Å². The molecule has 1 aromatic carbocycles. The van der Waals surface area contributed by atoms with Crippen molar-refractivity contribution in [2.45, 2.75) is 43.5 Å². The standard InChI is InChI=1S/C28H28FN5O4S/c1-16-3-9-20(10-4-16)39(36,37)34-15-22(21-11-19(29)12-31-27(21)34)23-13-30-14-24(32-23)33-26-18-7-5-17(6-8-18)25(26)28(35)38-2/h3-4,9-15,17-18,25-26H,5-8H2,1-2H3,(H,32,33)/t17?,18?,25-,26-/m1/s1. The van der Waals surface area contributed by atoms with E-state index in [-0.39, 0.29) is 34.4 Å². The Kier molecular flexibility index (Phi) is 6.33. The molecule has 0 aliphatic heterocycles. The lowest BCUT2D eigenvalue weighted by molar-refractivity contribution is -0.152. The van der Waals surface area contributed by atoms with E-state index in [1.807, 2.05) is 6.92 Å². The lowest BCUT2D eigenvalue weighted by Crippen LogP contribution is -2.51. The van der Waals surface area contributed by atoms with Crippen molar-refractivity contribution in [2.75, 3.05) is 12.4 Å². The number of benzene rings is 1. The Morgan fingerprint density at radius 1 is 1.08 bits per heavy atom. The molecule has 11 heteroatoms. The average Bonchev–Trinajstić information content (AvgIpc) is 3.33. The van der Waals surface area contributed by atoms with E-state index in [2.05, 4.69) is 15.3 Å². The number of ether oxygens (including phenoxy) is 1. The first-order valence-corrected chi connectivity index (χ1v) is 14.4. The second-order valence-corrected chi connectivity index (χ2v) is 12.2. The van der Waals surface area contributed by atoms with Crippen LogP contribution < -0.4 is 5.32 Å². The summed E-state index contributed by atoms with van der Waals surface area (Å²) in [6.07, 6.45) is 9.52. The number of hydrogen-bond acceptors (Lipinski definition) is 8. The molecule has 0 amide bonds. The SMILES string of the molecule is COC(=O)[C@@H]1C2CCC(CC2)[C@H]1Nc1cncc(-c2cn(S(=O)(=O)c3ccc(C)cc3)c3ncc(F)cc23)n1. The largest absolute Gasteiger partial charge is 0.469 e. The zero-order chi connectivity index (χ0) is 27.3. The van der Waals surface area contributed by atoms with Crippen molar-refractivity contribution in [3.05, 3.63) is 66.5 Å². The number of carbonyl (C=O) groups excluding carboxylic acids is 1. The van der Waals surface area contributed by atoms with Gasteiger partial charge in [-0.1, -0.05) is 17.7 Å². The highest BCUT2D eigenvalue weighted by Crippen LogP contribution is 2.46. The summed E-state index contributed by atoms with van der Waals surface area (Å²) in [5, 5.41) is 3.72. The smallest absolute Gasteiger partial charge is 0.311 e. The molecular weight excluding hydrogens is 521 g/mol. The number of anilines is 1. The summed E-state index contributed by atoms with van der Waals surface area (Å²) in [7, 11) is -2.61. The maximum atomic E-state index is 14.3. The molecule has 4 aromatic rings. The van der Waals surface area contributed by atoms with Crippen LogP contribution in [0.2, 0.25) is 0 Å². The zero-order valence-electron chi connectivity index (χ0n) is 21.5. The van der Waals surface area contributed by atoms with Crippen LogP contribution in [-0.2, 0) is 19.6 Å². The fourth-order valence-corrected chi connectivity index (χ4v) is 7.46. The Hall–Kier alpha value is -3.86. The second-order valence-electron chi connectivity index (χ2n) is 10.4. The highest BCUT2D eigenvalue weighted by Gasteiger charge is 2.48. The summed E-state index contributed by atoms with van der Waals surface area (Å²) in [5.74, 6) is -0.0782. The van der Waals surface area contributed by atoms with Crippen LogP contribution in [0.15, 0.2) is 60.0 Å². The molecule has 0 saturated heterocycles. The maximum Gasteiger partial charge on any atom is 0.311 e. The summed E-state index contributed by atoms with van der Waals surface area (Å²) in [4.78, 5) is 25.9. The molecule has 3 heterocycles.